The van der Waals surface area contributed by atoms with Crippen LogP contribution in [0.1, 0.15) is 33.5 Å². The molecule has 6 heteroatoms. The maximum Gasteiger partial charge on any atom is 0.269 e. The van der Waals surface area contributed by atoms with Crippen LogP contribution >= 0.6 is 23.8 Å². The Bertz CT molecular complexity index is 777. The summed E-state index contributed by atoms with van der Waals surface area (Å²) in [5.74, 6) is -0.184. The molecule has 1 amide bonds. The maximum atomic E-state index is 12.2. The highest BCUT2D eigenvalue weighted by atomic mass is 35.5. The second-order valence-electron chi connectivity index (χ2n) is 6.05. The Morgan fingerprint density at radius 1 is 1.04 bits per heavy atom. The minimum atomic E-state index is -0.184. The summed E-state index contributed by atoms with van der Waals surface area (Å²) < 4.78 is 0. The SMILES string of the molecule is O=C(NNC(=S)NCCc1ccc(Cl)cc1)c1ccc2c(c1)CCC2. The molecule has 0 unspecified atom stereocenters. The molecule has 4 nitrogen and oxygen atoms in total. The Kier molecular flexibility index (Phi) is 5.89. The summed E-state index contributed by atoms with van der Waals surface area (Å²) >= 11 is 11.0. The Labute approximate surface area is 157 Å². The molecule has 0 bridgehead atoms. The monoisotopic (exact) mass is 373 g/mol. The third kappa shape index (κ3) is 4.94. The predicted octanol–water partition coefficient (Wildman–Crippen LogP) is 3.18. The van der Waals surface area contributed by atoms with Crippen molar-refractivity contribution in [3.05, 3.63) is 69.7 Å². The fourth-order valence-corrected chi connectivity index (χ4v) is 3.19. The summed E-state index contributed by atoms with van der Waals surface area (Å²) in [6.45, 7) is 0.669. The Morgan fingerprint density at radius 3 is 2.60 bits per heavy atom. The number of carbonyl (C=O) groups excluding carboxylic acids is 1. The van der Waals surface area contributed by atoms with Crippen LogP contribution in [0.2, 0.25) is 5.02 Å². The van der Waals surface area contributed by atoms with Crippen molar-refractivity contribution >= 4 is 34.8 Å². The van der Waals surface area contributed by atoms with Crippen LogP contribution in [-0.4, -0.2) is 17.6 Å². The molecule has 1 aliphatic rings. The topological polar surface area (TPSA) is 53.2 Å². The molecule has 0 saturated carbocycles. The highest BCUT2D eigenvalue weighted by Crippen LogP contribution is 2.22. The molecule has 0 heterocycles. The first-order valence-electron chi connectivity index (χ1n) is 8.32. The van der Waals surface area contributed by atoms with Gasteiger partial charge in [-0.2, -0.15) is 0 Å². The summed E-state index contributed by atoms with van der Waals surface area (Å²) in [5.41, 5.74) is 9.82. The number of benzene rings is 2. The van der Waals surface area contributed by atoms with E-state index in [1.807, 2.05) is 42.5 Å². The summed E-state index contributed by atoms with van der Waals surface area (Å²) in [7, 11) is 0. The fraction of sp³-hybridized carbons (Fsp3) is 0.263. The van der Waals surface area contributed by atoms with Crippen molar-refractivity contribution in [2.24, 2.45) is 0 Å². The van der Waals surface area contributed by atoms with Gasteiger partial charge >= 0.3 is 0 Å². The summed E-state index contributed by atoms with van der Waals surface area (Å²) in [5, 5.41) is 4.18. The van der Waals surface area contributed by atoms with Crippen LogP contribution < -0.4 is 16.2 Å². The van der Waals surface area contributed by atoms with Crippen LogP contribution in [0.4, 0.5) is 0 Å². The first kappa shape index (κ1) is 17.7. The number of halogens is 1. The van der Waals surface area contributed by atoms with Crippen LogP contribution in [0, 0.1) is 0 Å². The van der Waals surface area contributed by atoms with E-state index in [-0.39, 0.29) is 5.91 Å². The molecule has 0 aromatic heterocycles. The van der Waals surface area contributed by atoms with Gasteiger partial charge in [0.05, 0.1) is 0 Å². The molecule has 0 spiro atoms. The van der Waals surface area contributed by atoms with Gasteiger partial charge in [-0.15, -0.1) is 0 Å². The molecule has 0 radical (unpaired) electrons. The van der Waals surface area contributed by atoms with Crippen molar-refractivity contribution in [3.8, 4) is 0 Å². The largest absolute Gasteiger partial charge is 0.361 e. The molecule has 0 aliphatic heterocycles. The molecule has 1 aliphatic carbocycles. The average Bonchev–Trinajstić information content (AvgIpc) is 3.09. The van der Waals surface area contributed by atoms with Gasteiger partial charge in [0.25, 0.3) is 5.91 Å². The predicted molar refractivity (Wildman–Crippen MR) is 105 cm³/mol. The van der Waals surface area contributed by atoms with Gasteiger partial charge in [0.1, 0.15) is 0 Å². The van der Waals surface area contributed by atoms with E-state index in [2.05, 4.69) is 16.2 Å². The molecule has 0 saturated heterocycles. The van der Waals surface area contributed by atoms with Gasteiger partial charge in [-0.3, -0.25) is 15.6 Å². The average molecular weight is 374 g/mol. The van der Waals surface area contributed by atoms with Crippen LogP contribution in [0.15, 0.2) is 42.5 Å². The zero-order valence-electron chi connectivity index (χ0n) is 13.8. The van der Waals surface area contributed by atoms with E-state index in [1.54, 1.807) is 0 Å². The number of hydrogen-bond acceptors (Lipinski definition) is 2. The highest BCUT2D eigenvalue weighted by Gasteiger charge is 2.13. The quantitative estimate of drug-likeness (QED) is 0.569. The van der Waals surface area contributed by atoms with Crippen molar-refractivity contribution in [2.75, 3.05) is 6.54 Å². The lowest BCUT2D eigenvalue weighted by atomic mass is 10.1. The standard InChI is InChI=1S/C19H20ClN3OS/c20-17-8-4-13(5-9-17)10-11-21-19(25)23-22-18(24)16-7-6-14-2-1-3-15(14)12-16/h4-9,12H,1-3,10-11H2,(H,22,24)(H2,21,23,25). The summed E-state index contributed by atoms with van der Waals surface area (Å²) in [6.07, 6.45) is 4.14. The first-order chi connectivity index (χ1) is 12.1. The van der Waals surface area contributed by atoms with E-state index in [1.165, 1.54) is 23.1 Å². The van der Waals surface area contributed by atoms with Crippen molar-refractivity contribution in [1.82, 2.24) is 16.2 Å². The second-order valence-corrected chi connectivity index (χ2v) is 6.89. The number of fused-ring (bicyclic) bond motifs is 1. The lowest BCUT2D eigenvalue weighted by Gasteiger charge is -2.12. The van der Waals surface area contributed by atoms with Crippen LogP contribution in [0.5, 0.6) is 0 Å². The Morgan fingerprint density at radius 2 is 1.80 bits per heavy atom. The van der Waals surface area contributed by atoms with Gasteiger partial charge in [0.2, 0.25) is 0 Å². The smallest absolute Gasteiger partial charge is 0.269 e. The van der Waals surface area contributed by atoms with Crippen molar-refractivity contribution in [1.29, 1.82) is 0 Å². The maximum absolute atomic E-state index is 12.2. The number of amides is 1. The van der Waals surface area contributed by atoms with Gasteiger partial charge in [-0.1, -0.05) is 29.8 Å². The third-order valence-corrected chi connectivity index (χ3v) is 4.76. The van der Waals surface area contributed by atoms with E-state index in [4.69, 9.17) is 23.8 Å². The Balaban J connectivity index is 1.41. The van der Waals surface area contributed by atoms with Crippen molar-refractivity contribution in [2.45, 2.75) is 25.7 Å². The van der Waals surface area contributed by atoms with Crippen molar-refractivity contribution in [3.63, 3.8) is 0 Å². The van der Waals surface area contributed by atoms with Gasteiger partial charge in [-0.05, 0) is 78.9 Å². The van der Waals surface area contributed by atoms with Crippen LogP contribution in [-0.2, 0) is 19.3 Å². The number of nitrogens with one attached hydrogen (secondary N) is 3. The van der Waals surface area contributed by atoms with E-state index in [9.17, 15) is 4.79 Å². The van der Waals surface area contributed by atoms with Gasteiger partial charge in [0.15, 0.2) is 5.11 Å². The highest BCUT2D eigenvalue weighted by molar-refractivity contribution is 7.80. The first-order valence-corrected chi connectivity index (χ1v) is 9.11. The number of hydrazine groups is 1. The van der Waals surface area contributed by atoms with E-state index >= 15 is 0 Å². The molecular weight excluding hydrogens is 354 g/mol. The van der Waals surface area contributed by atoms with E-state index in [0.717, 1.165) is 24.3 Å². The number of carbonyl (C=O) groups is 1. The van der Waals surface area contributed by atoms with Gasteiger partial charge in [-0.25, -0.2) is 0 Å². The lowest BCUT2D eigenvalue weighted by molar-refractivity contribution is 0.0943. The number of thiocarbonyl (C=S) groups is 1. The second kappa shape index (κ2) is 8.32. The van der Waals surface area contributed by atoms with E-state index in [0.29, 0.717) is 17.2 Å². The molecule has 3 N–H and O–H groups in total. The zero-order valence-corrected chi connectivity index (χ0v) is 15.3. The normalized spacial score (nSPS) is 12.4. The Hall–Kier alpha value is -2.11. The van der Waals surface area contributed by atoms with E-state index < -0.39 is 0 Å². The minimum absolute atomic E-state index is 0.184. The fourth-order valence-electron chi connectivity index (χ4n) is 2.91. The molecule has 3 rings (SSSR count). The molecule has 25 heavy (non-hydrogen) atoms. The number of aryl methyl sites for hydroxylation is 2. The lowest BCUT2D eigenvalue weighted by Crippen LogP contribution is -2.47. The van der Waals surface area contributed by atoms with Crippen LogP contribution in [0.3, 0.4) is 0 Å². The molecule has 130 valence electrons. The number of hydrogen-bond donors (Lipinski definition) is 3. The van der Waals surface area contributed by atoms with Crippen molar-refractivity contribution < 1.29 is 4.79 Å². The molecule has 0 fully saturated rings. The minimum Gasteiger partial charge on any atom is -0.361 e. The van der Waals surface area contributed by atoms with Gasteiger partial charge in [0, 0.05) is 17.1 Å². The number of rotatable bonds is 4. The third-order valence-electron chi connectivity index (χ3n) is 4.26. The van der Waals surface area contributed by atoms with Crippen LogP contribution in [0.25, 0.3) is 0 Å². The molecule has 2 aromatic carbocycles. The molecular formula is C19H20ClN3OS. The summed E-state index contributed by atoms with van der Waals surface area (Å²) in [6, 6.07) is 13.6. The van der Waals surface area contributed by atoms with Gasteiger partial charge < -0.3 is 5.32 Å². The molecule has 0 atom stereocenters. The summed E-state index contributed by atoms with van der Waals surface area (Å²) in [4.78, 5) is 12.2. The molecule has 2 aromatic rings. The zero-order chi connectivity index (χ0) is 17.6.